The number of rotatable bonds is 3. The molecule has 0 saturated carbocycles. The fourth-order valence-electron chi connectivity index (χ4n) is 2.36. The number of nitrogens with zero attached hydrogens (tertiary/aromatic N) is 2. The Morgan fingerprint density at radius 2 is 2.18 bits per heavy atom. The minimum Gasteiger partial charge on any atom is -0.356 e. The monoisotopic (exact) mass is 298 g/mol. The second-order valence-electron chi connectivity index (χ2n) is 5.10. The van der Waals surface area contributed by atoms with Gasteiger partial charge in [-0.25, -0.2) is 9.78 Å². The second kappa shape index (κ2) is 5.44. The van der Waals surface area contributed by atoms with E-state index >= 15 is 0 Å². The largest absolute Gasteiger partial charge is 0.356 e. The fraction of sp³-hybridized carbons (Fsp3) is 0.200. The van der Waals surface area contributed by atoms with E-state index in [1.54, 1.807) is 0 Å². The molecule has 0 atom stereocenters. The van der Waals surface area contributed by atoms with E-state index in [1.165, 1.54) is 12.3 Å². The van der Waals surface area contributed by atoms with Gasteiger partial charge in [-0.3, -0.25) is 9.78 Å². The molecule has 0 fully saturated rings. The molecule has 7 nitrogen and oxygen atoms in total. The Kier molecular flexibility index (Phi) is 3.46. The number of hydrogen-bond donors (Lipinski definition) is 2. The van der Waals surface area contributed by atoms with Gasteiger partial charge < -0.3 is 9.84 Å². The molecule has 2 aromatic heterocycles. The first kappa shape index (κ1) is 14.0. The Morgan fingerprint density at radius 1 is 1.36 bits per heavy atom. The number of nitrogens with one attached hydrogen (secondary N) is 2. The molecule has 2 N–H and O–H groups in total. The first-order valence-corrected chi connectivity index (χ1v) is 6.73. The second-order valence-corrected chi connectivity index (χ2v) is 5.10. The maximum atomic E-state index is 12.1. The topological polar surface area (TPSA) is 101 Å². The number of amides is 1. The summed E-state index contributed by atoms with van der Waals surface area (Å²) in [5.41, 5.74) is 2.79. The van der Waals surface area contributed by atoms with Crippen LogP contribution in [-0.2, 0) is 11.2 Å². The third-order valence-corrected chi connectivity index (χ3v) is 3.25. The van der Waals surface area contributed by atoms with Gasteiger partial charge in [0.2, 0.25) is 5.91 Å². The lowest BCUT2D eigenvalue weighted by Gasteiger charge is -2.03. The van der Waals surface area contributed by atoms with Crippen molar-refractivity contribution in [3.05, 3.63) is 51.7 Å². The standard InChI is InChI=1S/C15H14N4O3/c1-8-5-9(2)14-10(6-8)11(19-22-14)7-13(20)17-12-3-4-16-15(21)18-12/h3-6H,7H2,1-2H3,(H2,16,17,18,20,21). The smallest absolute Gasteiger partial charge is 0.346 e. The number of aromatic amines is 1. The Hall–Kier alpha value is -2.96. The maximum absolute atomic E-state index is 12.1. The number of aryl methyl sites for hydroxylation is 2. The van der Waals surface area contributed by atoms with Gasteiger partial charge in [-0.05, 0) is 37.1 Å². The molecule has 3 rings (SSSR count). The van der Waals surface area contributed by atoms with Gasteiger partial charge in [0.05, 0.1) is 6.42 Å². The first-order chi connectivity index (χ1) is 10.5. The molecule has 0 aliphatic heterocycles. The Bertz CT molecular complexity index is 911. The van der Waals surface area contributed by atoms with Crippen LogP contribution in [0.4, 0.5) is 5.82 Å². The van der Waals surface area contributed by atoms with E-state index in [4.69, 9.17) is 4.52 Å². The van der Waals surface area contributed by atoms with Gasteiger partial charge in [-0.2, -0.15) is 0 Å². The van der Waals surface area contributed by atoms with Crippen molar-refractivity contribution >= 4 is 22.7 Å². The van der Waals surface area contributed by atoms with E-state index < -0.39 is 5.69 Å². The highest BCUT2D eigenvalue weighted by Crippen LogP contribution is 2.24. The molecule has 3 aromatic rings. The summed E-state index contributed by atoms with van der Waals surface area (Å²) in [7, 11) is 0. The maximum Gasteiger partial charge on any atom is 0.346 e. The van der Waals surface area contributed by atoms with Crippen molar-refractivity contribution in [1.82, 2.24) is 15.1 Å². The quantitative estimate of drug-likeness (QED) is 0.766. The van der Waals surface area contributed by atoms with E-state index in [1.807, 2.05) is 26.0 Å². The van der Waals surface area contributed by atoms with Crippen LogP contribution < -0.4 is 11.0 Å². The molecule has 7 heteroatoms. The number of aromatic nitrogens is 3. The minimum atomic E-state index is -0.518. The molecular formula is C15H14N4O3. The van der Waals surface area contributed by atoms with Crippen molar-refractivity contribution in [1.29, 1.82) is 0 Å². The number of H-pyrrole nitrogens is 1. The lowest BCUT2D eigenvalue weighted by molar-refractivity contribution is -0.115. The Morgan fingerprint density at radius 3 is 2.95 bits per heavy atom. The van der Waals surface area contributed by atoms with Crippen LogP contribution in [-0.4, -0.2) is 21.0 Å². The number of carbonyl (C=O) groups excluding carboxylic acids is 1. The SMILES string of the molecule is Cc1cc(C)c2onc(CC(=O)Nc3ccnc(=O)[nH]3)c2c1. The highest BCUT2D eigenvalue weighted by molar-refractivity contribution is 5.94. The molecule has 0 spiro atoms. The number of fused-ring (bicyclic) bond motifs is 1. The predicted octanol–water partition coefficient (Wildman–Crippen LogP) is 1.71. The summed E-state index contributed by atoms with van der Waals surface area (Å²) < 4.78 is 5.31. The Labute approximate surface area is 125 Å². The zero-order chi connectivity index (χ0) is 15.7. The normalized spacial score (nSPS) is 10.8. The average molecular weight is 298 g/mol. The average Bonchev–Trinajstić information content (AvgIpc) is 2.82. The van der Waals surface area contributed by atoms with Gasteiger partial charge in [-0.1, -0.05) is 11.2 Å². The molecule has 1 amide bonds. The summed E-state index contributed by atoms with van der Waals surface area (Å²) in [5.74, 6) is 0.00127. The van der Waals surface area contributed by atoms with Crippen molar-refractivity contribution in [2.24, 2.45) is 0 Å². The summed E-state index contributed by atoms with van der Waals surface area (Å²) in [5, 5.41) is 7.40. The number of hydrogen-bond acceptors (Lipinski definition) is 5. The molecule has 0 saturated heterocycles. The van der Waals surface area contributed by atoms with Gasteiger partial charge in [0.15, 0.2) is 5.58 Å². The predicted molar refractivity (Wildman–Crippen MR) is 80.7 cm³/mol. The molecule has 0 unspecified atom stereocenters. The summed E-state index contributed by atoms with van der Waals surface area (Å²) in [6, 6.07) is 5.45. The lowest BCUT2D eigenvalue weighted by atomic mass is 10.1. The summed E-state index contributed by atoms with van der Waals surface area (Å²) in [4.78, 5) is 29.1. The Balaban J connectivity index is 1.84. The molecule has 0 aliphatic rings. The van der Waals surface area contributed by atoms with E-state index in [9.17, 15) is 9.59 Å². The first-order valence-electron chi connectivity index (χ1n) is 6.73. The molecule has 112 valence electrons. The molecule has 0 aliphatic carbocycles. The third-order valence-electron chi connectivity index (χ3n) is 3.25. The highest BCUT2D eigenvalue weighted by Gasteiger charge is 2.14. The van der Waals surface area contributed by atoms with E-state index in [0.717, 1.165) is 16.5 Å². The zero-order valence-electron chi connectivity index (χ0n) is 12.1. The van der Waals surface area contributed by atoms with Crippen molar-refractivity contribution in [2.75, 3.05) is 5.32 Å². The fourth-order valence-corrected chi connectivity index (χ4v) is 2.36. The van der Waals surface area contributed by atoms with Crippen LogP contribution in [0.5, 0.6) is 0 Å². The van der Waals surface area contributed by atoms with E-state index in [0.29, 0.717) is 17.1 Å². The molecule has 0 radical (unpaired) electrons. The third kappa shape index (κ3) is 2.73. The van der Waals surface area contributed by atoms with Crippen LogP contribution in [0.2, 0.25) is 0 Å². The number of carbonyl (C=O) groups is 1. The van der Waals surface area contributed by atoms with Crippen LogP contribution in [0.1, 0.15) is 16.8 Å². The van der Waals surface area contributed by atoms with E-state index in [2.05, 4.69) is 20.4 Å². The molecule has 2 heterocycles. The van der Waals surface area contributed by atoms with Crippen molar-refractivity contribution < 1.29 is 9.32 Å². The van der Waals surface area contributed by atoms with Crippen molar-refractivity contribution in [3.63, 3.8) is 0 Å². The zero-order valence-corrected chi connectivity index (χ0v) is 12.1. The van der Waals surface area contributed by atoms with Crippen LogP contribution in [0.25, 0.3) is 11.0 Å². The van der Waals surface area contributed by atoms with Gasteiger partial charge in [-0.15, -0.1) is 0 Å². The lowest BCUT2D eigenvalue weighted by Crippen LogP contribution is -2.19. The number of anilines is 1. The van der Waals surface area contributed by atoms with Crippen LogP contribution in [0.3, 0.4) is 0 Å². The number of benzene rings is 1. The molecule has 22 heavy (non-hydrogen) atoms. The summed E-state index contributed by atoms with van der Waals surface area (Å²) in [6.07, 6.45) is 1.38. The minimum absolute atomic E-state index is 0.0558. The molecule has 1 aromatic carbocycles. The van der Waals surface area contributed by atoms with Crippen LogP contribution in [0.15, 0.2) is 33.7 Å². The van der Waals surface area contributed by atoms with Gasteiger partial charge in [0, 0.05) is 11.6 Å². The van der Waals surface area contributed by atoms with Gasteiger partial charge in [0.25, 0.3) is 0 Å². The summed E-state index contributed by atoms with van der Waals surface area (Å²) in [6.45, 7) is 3.91. The summed E-state index contributed by atoms with van der Waals surface area (Å²) >= 11 is 0. The molecule has 0 bridgehead atoms. The van der Waals surface area contributed by atoms with Gasteiger partial charge in [0.1, 0.15) is 11.5 Å². The van der Waals surface area contributed by atoms with Crippen LogP contribution in [0, 0.1) is 13.8 Å². The van der Waals surface area contributed by atoms with Crippen molar-refractivity contribution in [2.45, 2.75) is 20.3 Å². The van der Waals surface area contributed by atoms with Gasteiger partial charge >= 0.3 is 5.69 Å². The highest BCUT2D eigenvalue weighted by atomic mass is 16.5. The van der Waals surface area contributed by atoms with Crippen LogP contribution >= 0.6 is 0 Å². The van der Waals surface area contributed by atoms with E-state index in [-0.39, 0.29) is 12.3 Å². The van der Waals surface area contributed by atoms with Crippen molar-refractivity contribution in [3.8, 4) is 0 Å². The molecular weight excluding hydrogens is 284 g/mol.